The Balaban J connectivity index is 1.91. The van der Waals surface area contributed by atoms with E-state index in [-0.39, 0.29) is 0 Å². The quantitative estimate of drug-likeness (QED) is 0.726. The molecule has 0 bridgehead atoms. The van der Waals surface area contributed by atoms with Crippen molar-refractivity contribution in [3.05, 3.63) is 76.4 Å². The van der Waals surface area contributed by atoms with Gasteiger partial charge in [-0.15, -0.1) is 0 Å². The molecule has 0 saturated carbocycles. The lowest BCUT2D eigenvalue weighted by molar-refractivity contribution is 0.451. The summed E-state index contributed by atoms with van der Waals surface area (Å²) in [4.78, 5) is 0. The largest absolute Gasteiger partial charge is 0.314 e. The van der Waals surface area contributed by atoms with E-state index in [1.54, 1.807) is 0 Å². The number of fused-ring (bicyclic) bond motifs is 2. The fourth-order valence-corrected chi connectivity index (χ4v) is 3.13. The molecule has 2 heteroatoms. The van der Waals surface area contributed by atoms with Crippen molar-refractivity contribution in [2.45, 2.75) is 38.8 Å². The van der Waals surface area contributed by atoms with Gasteiger partial charge in [-0.3, -0.25) is 0 Å². The summed E-state index contributed by atoms with van der Waals surface area (Å²) in [7, 11) is 0. The van der Waals surface area contributed by atoms with E-state index in [4.69, 9.17) is 11.5 Å². The van der Waals surface area contributed by atoms with Crippen molar-refractivity contribution in [3.63, 3.8) is 0 Å². The van der Waals surface area contributed by atoms with Crippen LogP contribution in [0.2, 0.25) is 0 Å². The SMILES string of the molecule is C=C1c2ccc(CCC(C)(N)N)cc2Cc2ccc(C)cc21. The zero-order valence-electron chi connectivity index (χ0n) is 13.4. The molecule has 0 spiro atoms. The zero-order chi connectivity index (χ0) is 15.9. The third kappa shape index (κ3) is 2.99. The Morgan fingerprint density at radius 1 is 1.05 bits per heavy atom. The van der Waals surface area contributed by atoms with E-state index in [2.05, 4.69) is 49.9 Å². The lowest BCUT2D eigenvalue weighted by Gasteiger charge is -2.24. The first-order valence-corrected chi connectivity index (χ1v) is 7.82. The fourth-order valence-electron chi connectivity index (χ4n) is 3.13. The molecule has 0 saturated heterocycles. The Kier molecular flexibility index (Phi) is 3.67. The summed E-state index contributed by atoms with van der Waals surface area (Å²) in [6.45, 7) is 8.31. The van der Waals surface area contributed by atoms with Gasteiger partial charge in [0.1, 0.15) is 0 Å². The second-order valence-electron chi connectivity index (χ2n) is 6.81. The maximum atomic E-state index is 5.88. The van der Waals surface area contributed by atoms with Crippen molar-refractivity contribution in [2.75, 3.05) is 0 Å². The van der Waals surface area contributed by atoms with Gasteiger partial charge in [0.05, 0.1) is 5.66 Å². The first kappa shape index (κ1) is 15.0. The number of nitrogens with two attached hydrogens (primary N) is 2. The summed E-state index contributed by atoms with van der Waals surface area (Å²) >= 11 is 0. The second-order valence-corrected chi connectivity index (χ2v) is 6.81. The molecule has 0 fully saturated rings. The van der Waals surface area contributed by atoms with Gasteiger partial charge in [0.25, 0.3) is 0 Å². The molecule has 4 N–H and O–H groups in total. The van der Waals surface area contributed by atoms with E-state index in [1.165, 1.54) is 33.4 Å². The second kappa shape index (κ2) is 5.38. The van der Waals surface area contributed by atoms with Gasteiger partial charge in [-0.2, -0.15) is 0 Å². The van der Waals surface area contributed by atoms with E-state index < -0.39 is 5.66 Å². The molecule has 3 rings (SSSR count). The molecule has 2 aromatic carbocycles. The zero-order valence-corrected chi connectivity index (χ0v) is 13.4. The molecule has 1 aliphatic carbocycles. The Morgan fingerprint density at radius 2 is 1.82 bits per heavy atom. The van der Waals surface area contributed by atoms with Crippen molar-refractivity contribution in [3.8, 4) is 0 Å². The minimum atomic E-state index is -0.608. The Hall–Kier alpha value is -1.90. The highest BCUT2D eigenvalue weighted by Crippen LogP contribution is 2.35. The van der Waals surface area contributed by atoms with Gasteiger partial charge in [0.15, 0.2) is 0 Å². The van der Waals surface area contributed by atoms with Crippen molar-refractivity contribution < 1.29 is 0 Å². The summed E-state index contributed by atoms with van der Waals surface area (Å²) in [5.74, 6) is 0. The monoisotopic (exact) mass is 292 g/mol. The first-order valence-electron chi connectivity index (χ1n) is 7.82. The number of aryl methyl sites for hydroxylation is 2. The Morgan fingerprint density at radius 3 is 2.55 bits per heavy atom. The minimum Gasteiger partial charge on any atom is -0.314 e. The molecule has 0 heterocycles. The van der Waals surface area contributed by atoms with Crippen LogP contribution in [0.1, 0.15) is 46.7 Å². The fraction of sp³-hybridized carbons (Fsp3) is 0.300. The van der Waals surface area contributed by atoms with E-state index in [1.807, 2.05) is 6.92 Å². The van der Waals surface area contributed by atoms with Crippen molar-refractivity contribution >= 4 is 5.57 Å². The van der Waals surface area contributed by atoms with Crippen LogP contribution in [0.4, 0.5) is 0 Å². The molecule has 0 aliphatic heterocycles. The maximum absolute atomic E-state index is 5.88. The average molecular weight is 292 g/mol. The highest BCUT2D eigenvalue weighted by atomic mass is 14.9. The molecule has 0 aromatic heterocycles. The van der Waals surface area contributed by atoms with Gasteiger partial charge in [0, 0.05) is 0 Å². The smallest absolute Gasteiger partial charge is 0.0610 e. The van der Waals surface area contributed by atoms with E-state index in [0.717, 1.165) is 24.8 Å². The number of hydrogen-bond donors (Lipinski definition) is 2. The van der Waals surface area contributed by atoms with Crippen molar-refractivity contribution in [1.29, 1.82) is 0 Å². The summed E-state index contributed by atoms with van der Waals surface area (Å²) in [6, 6.07) is 13.3. The van der Waals surface area contributed by atoms with Gasteiger partial charge in [-0.1, -0.05) is 48.5 Å². The van der Waals surface area contributed by atoms with Gasteiger partial charge in [-0.25, -0.2) is 0 Å². The normalized spacial score (nSPS) is 13.7. The molecular formula is C20H24N2. The third-order valence-electron chi connectivity index (χ3n) is 4.42. The van der Waals surface area contributed by atoms with Crippen LogP contribution in [0.15, 0.2) is 43.0 Å². The summed E-state index contributed by atoms with van der Waals surface area (Å²) in [6.07, 6.45) is 2.66. The van der Waals surface area contributed by atoms with Crippen LogP contribution < -0.4 is 11.5 Å². The molecule has 22 heavy (non-hydrogen) atoms. The standard InChI is InChI=1S/C20H24N2/c1-13-4-6-16-12-17-11-15(8-9-20(3,21)22)5-7-18(17)14(2)19(16)10-13/h4-7,10-11H,2,8-9,12,21-22H2,1,3H3. The lowest BCUT2D eigenvalue weighted by Crippen LogP contribution is -2.46. The molecule has 0 atom stereocenters. The molecular weight excluding hydrogens is 268 g/mol. The van der Waals surface area contributed by atoms with Crippen LogP contribution in [0.5, 0.6) is 0 Å². The molecule has 0 radical (unpaired) electrons. The summed E-state index contributed by atoms with van der Waals surface area (Å²) in [5.41, 5.74) is 20.1. The Labute approximate surface area is 132 Å². The van der Waals surface area contributed by atoms with Crippen LogP contribution in [0.3, 0.4) is 0 Å². The van der Waals surface area contributed by atoms with Gasteiger partial charge in [-0.05, 0) is 66.5 Å². The van der Waals surface area contributed by atoms with Crippen molar-refractivity contribution in [2.24, 2.45) is 11.5 Å². The molecule has 114 valence electrons. The number of rotatable bonds is 3. The predicted molar refractivity (Wildman–Crippen MR) is 93.7 cm³/mol. The van der Waals surface area contributed by atoms with E-state index in [0.29, 0.717) is 0 Å². The molecule has 0 unspecified atom stereocenters. The molecule has 2 nitrogen and oxygen atoms in total. The molecule has 0 amide bonds. The van der Waals surface area contributed by atoms with Crippen molar-refractivity contribution in [1.82, 2.24) is 0 Å². The van der Waals surface area contributed by atoms with Gasteiger partial charge in [0.2, 0.25) is 0 Å². The predicted octanol–water partition coefficient (Wildman–Crippen LogP) is 3.53. The van der Waals surface area contributed by atoms with Crippen LogP contribution in [0.25, 0.3) is 5.57 Å². The lowest BCUT2D eigenvalue weighted by atomic mass is 9.81. The molecule has 2 aromatic rings. The Bertz CT molecular complexity index is 736. The summed E-state index contributed by atoms with van der Waals surface area (Å²) < 4.78 is 0. The van der Waals surface area contributed by atoms with Crippen LogP contribution >= 0.6 is 0 Å². The average Bonchev–Trinajstić information content (AvgIpc) is 2.45. The maximum Gasteiger partial charge on any atom is 0.0610 e. The van der Waals surface area contributed by atoms with Crippen LogP contribution in [-0.4, -0.2) is 5.66 Å². The van der Waals surface area contributed by atoms with E-state index >= 15 is 0 Å². The molecule has 1 aliphatic rings. The van der Waals surface area contributed by atoms with Gasteiger partial charge < -0.3 is 11.5 Å². The van der Waals surface area contributed by atoms with E-state index in [9.17, 15) is 0 Å². The van der Waals surface area contributed by atoms with Crippen LogP contribution in [0, 0.1) is 6.92 Å². The van der Waals surface area contributed by atoms with Gasteiger partial charge >= 0.3 is 0 Å². The third-order valence-corrected chi connectivity index (χ3v) is 4.42. The number of hydrogen-bond acceptors (Lipinski definition) is 2. The first-order chi connectivity index (χ1) is 10.3. The van der Waals surface area contributed by atoms with Crippen LogP contribution in [-0.2, 0) is 12.8 Å². The summed E-state index contributed by atoms with van der Waals surface area (Å²) in [5, 5.41) is 0. The highest BCUT2D eigenvalue weighted by Gasteiger charge is 2.19. The number of benzene rings is 2. The topological polar surface area (TPSA) is 52.0 Å². The highest BCUT2D eigenvalue weighted by molar-refractivity contribution is 5.84. The minimum absolute atomic E-state index is 0.608.